The highest BCUT2D eigenvalue weighted by Crippen LogP contribution is 2.44. The number of nitrogens with two attached hydrogens (primary N) is 2. The molecule has 0 aliphatic heterocycles. The van der Waals surface area contributed by atoms with Gasteiger partial charge in [-0.3, -0.25) is 28.8 Å². The van der Waals surface area contributed by atoms with Gasteiger partial charge in [0.1, 0.15) is 29.8 Å². The molecule has 6 amide bonds. The highest BCUT2D eigenvalue weighted by molar-refractivity contribution is 5.98. The second-order valence-electron chi connectivity index (χ2n) is 14.9. The zero-order valence-electron chi connectivity index (χ0n) is 31.1. The van der Waals surface area contributed by atoms with Crippen molar-refractivity contribution in [1.82, 2.24) is 21.3 Å². The average molecular weight is 749 g/mol. The minimum Gasteiger partial charge on any atom is -0.481 e. The zero-order valence-corrected chi connectivity index (χ0v) is 31.1. The zero-order chi connectivity index (χ0) is 39.6. The van der Waals surface area contributed by atoms with Crippen LogP contribution in [0.4, 0.5) is 4.79 Å². The Kier molecular flexibility index (Phi) is 13.8. The Labute approximate surface area is 314 Å². The fraction of sp³-hybridized carbons (Fsp3) is 0.513. The van der Waals surface area contributed by atoms with Crippen LogP contribution in [0.2, 0.25) is 0 Å². The molecule has 3 atom stereocenters. The molecule has 2 aromatic carbocycles. The van der Waals surface area contributed by atoms with Crippen LogP contribution in [0.25, 0.3) is 11.1 Å². The Hall–Kier alpha value is -5.47. The Morgan fingerprint density at radius 3 is 2.02 bits per heavy atom. The van der Waals surface area contributed by atoms with E-state index in [2.05, 4.69) is 21.3 Å². The maximum atomic E-state index is 14.1. The number of carbonyl (C=O) groups is 7. The van der Waals surface area contributed by atoms with Gasteiger partial charge in [0.05, 0.1) is 6.42 Å². The monoisotopic (exact) mass is 748 g/mol. The van der Waals surface area contributed by atoms with E-state index in [9.17, 15) is 38.7 Å². The molecule has 2 aliphatic rings. The van der Waals surface area contributed by atoms with Crippen molar-refractivity contribution in [3.05, 3.63) is 59.7 Å². The highest BCUT2D eigenvalue weighted by atomic mass is 16.5. The van der Waals surface area contributed by atoms with Crippen LogP contribution in [0.1, 0.15) is 102 Å². The summed E-state index contributed by atoms with van der Waals surface area (Å²) in [4.78, 5) is 90.2. The van der Waals surface area contributed by atoms with Gasteiger partial charge in [-0.2, -0.15) is 0 Å². The predicted octanol–water partition coefficient (Wildman–Crippen LogP) is 2.73. The van der Waals surface area contributed by atoms with E-state index >= 15 is 0 Å². The molecule has 0 heterocycles. The average Bonchev–Trinajstić information content (AvgIpc) is 3.43. The van der Waals surface area contributed by atoms with Crippen molar-refractivity contribution < 1.29 is 43.4 Å². The summed E-state index contributed by atoms with van der Waals surface area (Å²) < 4.78 is 5.71. The molecule has 0 bridgehead atoms. The Morgan fingerprint density at radius 1 is 0.889 bits per heavy atom. The number of carboxylic acids is 1. The lowest BCUT2D eigenvalue weighted by Crippen LogP contribution is -2.66. The molecule has 0 saturated heterocycles. The minimum atomic E-state index is -1.70. The normalized spacial score (nSPS) is 16.7. The van der Waals surface area contributed by atoms with Crippen molar-refractivity contribution in [3.8, 4) is 11.1 Å². The summed E-state index contributed by atoms with van der Waals surface area (Å²) >= 11 is 0. The van der Waals surface area contributed by atoms with Gasteiger partial charge in [0.25, 0.3) is 0 Å². The number of hydrogen-bond donors (Lipinski definition) is 7. The molecule has 2 aromatic rings. The highest BCUT2D eigenvalue weighted by Gasteiger charge is 2.45. The minimum absolute atomic E-state index is 0.0226. The van der Waals surface area contributed by atoms with E-state index in [0.717, 1.165) is 28.7 Å². The molecule has 54 heavy (non-hydrogen) atoms. The topological polar surface area (TPSA) is 249 Å². The standard InChI is InChI=1S/C39H52N6O9/c1-23(2)20-30(34(50)44-39(18-9-4-10-19-39)36(52)42-29(33(41)49)21-31(40)46)43-35(51)38(3,17-11-16-32(47)48)45-37(53)54-22-28-26-14-7-5-12-24(26)25-13-6-8-15-27(25)28/h5-8,12-15,23,28-30H,4,9-11,16-22H2,1-3H3,(H2,40,46)(H2,41,49)(H,42,52)(H,43,51)(H,44,50)(H,45,53)(H,47,48)/t29-,30-,38-/m0/s1. The summed E-state index contributed by atoms with van der Waals surface area (Å²) in [5.74, 6) is -5.37. The number of nitrogens with one attached hydrogen (secondary N) is 4. The molecule has 0 aromatic heterocycles. The van der Waals surface area contributed by atoms with Gasteiger partial charge in [0, 0.05) is 12.3 Å². The number of aliphatic carboxylic acids is 1. The van der Waals surface area contributed by atoms with E-state index in [1.54, 1.807) is 0 Å². The van der Waals surface area contributed by atoms with Gasteiger partial charge in [0.2, 0.25) is 29.5 Å². The molecule has 0 spiro atoms. The SMILES string of the molecule is CC(C)C[C@H](NC(=O)[C@](C)(CCCC(=O)O)NC(=O)OCC1c2ccccc2-c2ccccc21)C(=O)NC1(C(=O)N[C@@H](CC(N)=O)C(N)=O)CCCCC1. The molecule has 15 heteroatoms. The third-order valence-electron chi connectivity index (χ3n) is 10.2. The lowest BCUT2D eigenvalue weighted by atomic mass is 9.80. The van der Waals surface area contributed by atoms with Crippen LogP contribution < -0.4 is 32.7 Å². The van der Waals surface area contributed by atoms with Crippen LogP contribution in [0.3, 0.4) is 0 Å². The van der Waals surface area contributed by atoms with Crippen molar-refractivity contribution >= 4 is 41.6 Å². The van der Waals surface area contributed by atoms with Gasteiger partial charge in [-0.05, 0) is 67.2 Å². The molecule has 15 nitrogen and oxygen atoms in total. The molecule has 1 fully saturated rings. The molecular formula is C39H52N6O9. The molecule has 292 valence electrons. The van der Waals surface area contributed by atoms with E-state index < -0.39 is 71.2 Å². The first kappa shape index (κ1) is 41.3. The summed E-state index contributed by atoms with van der Waals surface area (Å²) in [6.45, 7) is 5.11. The Morgan fingerprint density at radius 2 is 1.48 bits per heavy atom. The number of ether oxygens (including phenoxy) is 1. The van der Waals surface area contributed by atoms with Crippen molar-refractivity contribution in [2.75, 3.05) is 6.61 Å². The van der Waals surface area contributed by atoms with Crippen LogP contribution in [0.5, 0.6) is 0 Å². The number of hydrogen-bond acceptors (Lipinski definition) is 8. The van der Waals surface area contributed by atoms with Gasteiger partial charge in [-0.1, -0.05) is 81.6 Å². The maximum absolute atomic E-state index is 14.1. The third-order valence-corrected chi connectivity index (χ3v) is 10.2. The number of primary amides is 2. The first-order chi connectivity index (χ1) is 25.5. The quantitative estimate of drug-likeness (QED) is 0.118. The number of benzene rings is 2. The molecular weight excluding hydrogens is 696 g/mol. The summed E-state index contributed by atoms with van der Waals surface area (Å²) in [6, 6.07) is 13.1. The lowest BCUT2D eigenvalue weighted by molar-refractivity contribution is -0.139. The molecule has 4 rings (SSSR count). The predicted molar refractivity (Wildman–Crippen MR) is 198 cm³/mol. The van der Waals surface area contributed by atoms with Gasteiger partial charge < -0.3 is 42.6 Å². The number of carboxylic acid groups (broad SMARTS) is 1. The molecule has 0 unspecified atom stereocenters. The summed E-state index contributed by atoms with van der Waals surface area (Å²) in [5, 5.41) is 20.0. The summed E-state index contributed by atoms with van der Waals surface area (Å²) in [7, 11) is 0. The van der Waals surface area contributed by atoms with E-state index in [1.165, 1.54) is 6.92 Å². The van der Waals surface area contributed by atoms with E-state index in [0.29, 0.717) is 12.8 Å². The largest absolute Gasteiger partial charge is 0.481 e. The van der Waals surface area contributed by atoms with Crippen LogP contribution in [0, 0.1) is 5.92 Å². The summed E-state index contributed by atoms with van der Waals surface area (Å²) in [6.07, 6.45) is 0.814. The van der Waals surface area contributed by atoms with Crippen LogP contribution in [-0.2, 0) is 33.5 Å². The van der Waals surface area contributed by atoms with Crippen LogP contribution in [-0.4, -0.2) is 76.5 Å². The van der Waals surface area contributed by atoms with Gasteiger partial charge in [-0.15, -0.1) is 0 Å². The number of amides is 6. The fourth-order valence-electron chi connectivity index (χ4n) is 7.31. The summed E-state index contributed by atoms with van der Waals surface area (Å²) in [5.41, 5.74) is 11.6. The maximum Gasteiger partial charge on any atom is 0.408 e. The first-order valence-corrected chi connectivity index (χ1v) is 18.4. The molecule has 2 aliphatic carbocycles. The molecule has 9 N–H and O–H groups in total. The van der Waals surface area contributed by atoms with Crippen LogP contribution >= 0.6 is 0 Å². The van der Waals surface area contributed by atoms with Gasteiger partial charge in [-0.25, -0.2) is 4.79 Å². The fourth-order valence-corrected chi connectivity index (χ4v) is 7.31. The van der Waals surface area contributed by atoms with Gasteiger partial charge >= 0.3 is 12.1 Å². The van der Waals surface area contributed by atoms with Crippen molar-refractivity contribution in [3.63, 3.8) is 0 Å². The van der Waals surface area contributed by atoms with Crippen molar-refractivity contribution in [2.45, 2.75) is 114 Å². The smallest absolute Gasteiger partial charge is 0.408 e. The van der Waals surface area contributed by atoms with E-state index in [1.807, 2.05) is 62.4 Å². The van der Waals surface area contributed by atoms with E-state index in [-0.39, 0.29) is 57.0 Å². The second kappa shape index (κ2) is 18.0. The van der Waals surface area contributed by atoms with E-state index in [4.69, 9.17) is 16.2 Å². The van der Waals surface area contributed by atoms with Crippen molar-refractivity contribution in [1.29, 1.82) is 0 Å². The molecule has 1 saturated carbocycles. The third kappa shape index (κ3) is 10.4. The van der Waals surface area contributed by atoms with Gasteiger partial charge in [0.15, 0.2) is 0 Å². The lowest BCUT2D eigenvalue weighted by Gasteiger charge is -2.39. The number of carbonyl (C=O) groups excluding carboxylic acids is 6. The number of rotatable bonds is 18. The molecule has 0 radical (unpaired) electrons. The Bertz CT molecular complexity index is 1690. The Balaban J connectivity index is 1.52. The van der Waals surface area contributed by atoms with Crippen molar-refractivity contribution in [2.24, 2.45) is 17.4 Å². The number of alkyl carbamates (subject to hydrolysis) is 1. The van der Waals surface area contributed by atoms with Crippen LogP contribution in [0.15, 0.2) is 48.5 Å². The first-order valence-electron chi connectivity index (χ1n) is 18.4. The number of fused-ring (bicyclic) bond motifs is 3. The second-order valence-corrected chi connectivity index (χ2v) is 14.9.